The van der Waals surface area contributed by atoms with Crippen LogP contribution in [0.25, 0.3) is 0 Å². The van der Waals surface area contributed by atoms with Crippen LogP contribution in [0.1, 0.15) is 68.8 Å². The topological polar surface area (TPSA) is 108 Å². The van der Waals surface area contributed by atoms with E-state index in [1.165, 1.54) is 7.11 Å². The van der Waals surface area contributed by atoms with Crippen LogP contribution in [0.4, 0.5) is 0 Å². The summed E-state index contributed by atoms with van der Waals surface area (Å²) in [4.78, 5) is 54.3. The van der Waals surface area contributed by atoms with Gasteiger partial charge in [0.15, 0.2) is 0 Å². The molecule has 1 aromatic carbocycles. The van der Waals surface area contributed by atoms with Crippen LogP contribution in [0.3, 0.4) is 0 Å². The standard InChI is InChI=1S/C27H40N4O5/c1-5-6-13-31-25(34)22(16-19(2)3)29-26(35)27(31)11-14-30(15-12-27)18-20-7-9-21(10-8-20)24(33)28-17-23(32)36-4/h7-10,19,22H,5-6,11-18H2,1-4H3,(H,28,33)(H,29,35). The van der Waals surface area contributed by atoms with Crippen molar-refractivity contribution in [2.24, 2.45) is 5.92 Å². The molecule has 2 fully saturated rings. The van der Waals surface area contributed by atoms with Crippen molar-refractivity contribution < 1.29 is 23.9 Å². The molecule has 0 saturated carbocycles. The van der Waals surface area contributed by atoms with Crippen molar-refractivity contribution in [2.45, 2.75) is 71.0 Å². The Labute approximate surface area is 213 Å². The summed E-state index contributed by atoms with van der Waals surface area (Å²) in [5.74, 6) is -0.451. The van der Waals surface area contributed by atoms with Crippen LogP contribution in [-0.4, -0.2) is 78.4 Å². The van der Waals surface area contributed by atoms with E-state index in [1.807, 2.05) is 17.0 Å². The van der Waals surface area contributed by atoms with Crippen molar-refractivity contribution >= 4 is 23.7 Å². The SMILES string of the molecule is CCCCN1C(=O)C(CC(C)C)NC(=O)C12CCN(Cc1ccc(C(=O)NCC(=O)OC)cc1)CC2. The number of esters is 1. The van der Waals surface area contributed by atoms with Crippen molar-refractivity contribution in [1.82, 2.24) is 20.4 Å². The maximum atomic E-state index is 13.4. The van der Waals surface area contributed by atoms with E-state index >= 15 is 0 Å². The first kappa shape index (κ1) is 27.6. The highest BCUT2D eigenvalue weighted by atomic mass is 16.5. The Bertz CT molecular complexity index is 938. The summed E-state index contributed by atoms with van der Waals surface area (Å²) in [6.07, 6.45) is 3.73. The molecule has 0 radical (unpaired) electrons. The number of carbonyl (C=O) groups excluding carboxylic acids is 4. The van der Waals surface area contributed by atoms with Gasteiger partial charge in [0.2, 0.25) is 11.8 Å². The van der Waals surface area contributed by atoms with Crippen molar-refractivity contribution in [3.05, 3.63) is 35.4 Å². The number of nitrogens with zero attached hydrogens (tertiary/aromatic N) is 2. The van der Waals surface area contributed by atoms with Crippen molar-refractivity contribution in [3.63, 3.8) is 0 Å². The van der Waals surface area contributed by atoms with Gasteiger partial charge in [-0.1, -0.05) is 39.3 Å². The lowest BCUT2D eigenvalue weighted by molar-refractivity contribution is -0.161. The van der Waals surface area contributed by atoms with E-state index in [9.17, 15) is 19.2 Å². The Kier molecular flexibility index (Phi) is 9.48. The van der Waals surface area contributed by atoms with Gasteiger partial charge in [0.25, 0.3) is 5.91 Å². The molecule has 1 aromatic rings. The molecule has 9 heteroatoms. The molecule has 198 valence electrons. The number of unbranched alkanes of at least 4 members (excludes halogenated alkanes) is 1. The normalized spacial score (nSPS) is 19.9. The van der Waals surface area contributed by atoms with Gasteiger partial charge in [-0.15, -0.1) is 0 Å². The lowest BCUT2D eigenvalue weighted by Gasteiger charge is -2.52. The molecule has 0 aliphatic carbocycles. The Morgan fingerprint density at radius 3 is 2.42 bits per heavy atom. The summed E-state index contributed by atoms with van der Waals surface area (Å²) >= 11 is 0. The van der Waals surface area contributed by atoms with Crippen LogP contribution in [0.2, 0.25) is 0 Å². The Balaban J connectivity index is 1.61. The average Bonchev–Trinajstić information content (AvgIpc) is 2.87. The van der Waals surface area contributed by atoms with Crippen molar-refractivity contribution in [1.29, 1.82) is 0 Å². The molecular weight excluding hydrogens is 460 g/mol. The number of benzene rings is 1. The first-order chi connectivity index (χ1) is 17.2. The van der Waals surface area contributed by atoms with E-state index in [4.69, 9.17) is 0 Å². The summed E-state index contributed by atoms with van der Waals surface area (Å²) in [6.45, 7) is 8.80. The van der Waals surface area contributed by atoms with Crippen molar-refractivity contribution in [2.75, 3.05) is 33.3 Å². The van der Waals surface area contributed by atoms with Gasteiger partial charge in [-0.3, -0.25) is 24.1 Å². The summed E-state index contributed by atoms with van der Waals surface area (Å²) < 4.78 is 4.53. The van der Waals surface area contributed by atoms with Crippen LogP contribution < -0.4 is 10.6 Å². The highest BCUT2D eigenvalue weighted by Crippen LogP contribution is 2.34. The number of amides is 3. The monoisotopic (exact) mass is 500 g/mol. The van der Waals surface area contributed by atoms with Gasteiger partial charge in [-0.05, 0) is 49.3 Å². The fraction of sp³-hybridized carbons (Fsp3) is 0.630. The summed E-state index contributed by atoms with van der Waals surface area (Å²) in [5, 5.41) is 5.58. The highest BCUT2D eigenvalue weighted by molar-refractivity contribution is 6.00. The molecule has 2 N–H and O–H groups in total. The van der Waals surface area contributed by atoms with Gasteiger partial charge in [0, 0.05) is 31.7 Å². The summed E-state index contributed by atoms with van der Waals surface area (Å²) in [6, 6.07) is 6.85. The molecule has 1 spiro atoms. The van der Waals surface area contributed by atoms with Gasteiger partial charge in [-0.25, -0.2) is 0 Å². The number of hydrogen-bond acceptors (Lipinski definition) is 6. The van der Waals surface area contributed by atoms with Crippen molar-refractivity contribution in [3.8, 4) is 0 Å². The van der Waals surface area contributed by atoms with Gasteiger partial charge >= 0.3 is 5.97 Å². The number of ether oxygens (including phenoxy) is 1. The number of nitrogens with one attached hydrogen (secondary N) is 2. The number of methoxy groups -OCH3 is 1. The second kappa shape index (κ2) is 12.3. The van der Waals surface area contributed by atoms with Crippen LogP contribution in [0.5, 0.6) is 0 Å². The molecular formula is C27H40N4O5. The first-order valence-corrected chi connectivity index (χ1v) is 13.0. The second-order valence-electron chi connectivity index (χ2n) is 10.3. The zero-order chi connectivity index (χ0) is 26.3. The van der Waals surface area contributed by atoms with Gasteiger partial charge in [0.05, 0.1) is 7.11 Å². The number of piperazine rings is 1. The first-order valence-electron chi connectivity index (χ1n) is 13.0. The third-order valence-corrected chi connectivity index (χ3v) is 7.18. The second-order valence-corrected chi connectivity index (χ2v) is 10.3. The highest BCUT2D eigenvalue weighted by Gasteiger charge is 2.53. The fourth-order valence-corrected chi connectivity index (χ4v) is 5.07. The molecule has 36 heavy (non-hydrogen) atoms. The van der Waals surface area contributed by atoms with Crippen LogP contribution >= 0.6 is 0 Å². The quantitative estimate of drug-likeness (QED) is 0.477. The Hall–Kier alpha value is -2.94. The molecule has 9 nitrogen and oxygen atoms in total. The molecule has 2 saturated heterocycles. The maximum Gasteiger partial charge on any atom is 0.325 e. The molecule has 0 aromatic heterocycles. The molecule has 2 heterocycles. The molecule has 0 bridgehead atoms. The minimum absolute atomic E-state index is 0.00850. The van der Waals surface area contributed by atoms with E-state index in [1.54, 1.807) is 12.1 Å². The lowest BCUT2D eigenvalue weighted by Crippen LogP contribution is -2.73. The number of hydrogen-bond donors (Lipinski definition) is 2. The molecule has 3 amide bonds. The van der Waals surface area contributed by atoms with E-state index in [0.717, 1.165) is 18.4 Å². The average molecular weight is 501 g/mol. The largest absolute Gasteiger partial charge is 0.468 e. The van der Waals surface area contributed by atoms with E-state index < -0.39 is 17.6 Å². The Morgan fingerprint density at radius 1 is 1.17 bits per heavy atom. The summed E-state index contributed by atoms with van der Waals surface area (Å²) in [5.41, 5.74) is 0.761. The van der Waals surface area contributed by atoms with E-state index in [-0.39, 0.29) is 24.3 Å². The van der Waals surface area contributed by atoms with Crippen LogP contribution in [-0.2, 0) is 25.7 Å². The molecule has 2 aliphatic heterocycles. The lowest BCUT2D eigenvalue weighted by atomic mass is 9.80. The molecule has 1 atom stereocenters. The number of carbonyl (C=O) groups is 4. The van der Waals surface area contributed by atoms with E-state index in [2.05, 4.69) is 41.0 Å². The third-order valence-electron chi connectivity index (χ3n) is 7.18. The van der Waals surface area contributed by atoms with Gasteiger partial charge < -0.3 is 20.3 Å². The fourth-order valence-electron chi connectivity index (χ4n) is 5.07. The van der Waals surface area contributed by atoms with E-state index in [0.29, 0.717) is 56.9 Å². The maximum absolute atomic E-state index is 13.4. The smallest absolute Gasteiger partial charge is 0.325 e. The third kappa shape index (κ3) is 6.43. The number of likely N-dealkylation sites (tertiary alicyclic amines) is 1. The minimum atomic E-state index is -0.766. The number of piperidine rings is 1. The predicted octanol–water partition coefficient (Wildman–Crippen LogP) is 2.10. The molecule has 1 unspecified atom stereocenters. The molecule has 2 aliphatic rings. The number of rotatable bonds is 10. The minimum Gasteiger partial charge on any atom is -0.468 e. The van der Waals surface area contributed by atoms with Gasteiger partial charge in [-0.2, -0.15) is 0 Å². The predicted molar refractivity (Wildman–Crippen MR) is 136 cm³/mol. The van der Waals surface area contributed by atoms with Crippen LogP contribution in [0.15, 0.2) is 24.3 Å². The molecule has 3 rings (SSSR count). The Morgan fingerprint density at radius 2 is 1.83 bits per heavy atom. The summed E-state index contributed by atoms with van der Waals surface area (Å²) in [7, 11) is 1.27. The van der Waals surface area contributed by atoms with Crippen LogP contribution in [0, 0.1) is 5.92 Å². The zero-order valence-electron chi connectivity index (χ0n) is 22.0. The van der Waals surface area contributed by atoms with Gasteiger partial charge in [0.1, 0.15) is 18.1 Å². The zero-order valence-corrected chi connectivity index (χ0v) is 22.0.